The summed E-state index contributed by atoms with van der Waals surface area (Å²) in [6, 6.07) is -0.00870. The second kappa shape index (κ2) is 4.28. The third kappa shape index (κ3) is 2.46. The molecule has 0 unspecified atom stereocenters. The molecule has 11 heavy (non-hydrogen) atoms. The van der Waals surface area contributed by atoms with Crippen molar-refractivity contribution in [2.24, 2.45) is 0 Å². The number of hydrogen-bond donors (Lipinski definition) is 1. The summed E-state index contributed by atoms with van der Waals surface area (Å²) in [5.41, 5.74) is 0. The number of nitrogens with one attached hydrogen (secondary N) is 1. The first-order chi connectivity index (χ1) is 5.34. The lowest BCUT2D eigenvalue weighted by Gasteiger charge is -2.11. The van der Waals surface area contributed by atoms with Crippen LogP contribution in [0.1, 0.15) is 13.3 Å². The van der Waals surface area contributed by atoms with Crippen molar-refractivity contribution in [1.82, 2.24) is 9.62 Å². The van der Waals surface area contributed by atoms with E-state index in [1.807, 2.05) is 13.0 Å². The Morgan fingerprint density at radius 1 is 1.82 bits per heavy atom. The van der Waals surface area contributed by atoms with E-state index in [1.165, 1.54) is 11.9 Å². The molecule has 0 saturated carbocycles. The number of nitrogens with zero attached hydrogens (tertiary/aromatic N) is 1. The van der Waals surface area contributed by atoms with Gasteiger partial charge < -0.3 is 5.32 Å². The van der Waals surface area contributed by atoms with Crippen molar-refractivity contribution in [3.8, 4) is 0 Å². The number of hydrogen-bond acceptors (Lipinski definition) is 2. The second-order valence-corrected chi connectivity index (χ2v) is 3.22. The zero-order valence-corrected chi connectivity index (χ0v) is 7.36. The molecule has 0 saturated heterocycles. The van der Waals surface area contributed by atoms with Crippen molar-refractivity contribution in [2.75, 3.05) is 12.3 Å². The molecule has 62 valence electrons. The van der Waals surface area contributed by atoms with Crippen LogP contribution in [0.4, 0.5) is 4.79 Å². The molecule has 0 aromatic rings. The summed E-state index contributed by atoms with van der Waals surface area (Å²) in [7, 11) is 0. The minimum Gasteiger partial charge on any atom is -0.337 e. The fourth-order valence-corrected chi connectivity index (χ4v) is 1.43. The van der Waals surface area contributed by atoms with Gasteiger partial charge in [-0.2, -0.15) is 0 Å². The maximum absolute atomic E-state index is 11.1. The molecule has 0 atom stereocenters. The van der Waals surface area contributed by atoms with E-state index in [-0.39, 0.29) is 6.03 Å². The molecule has 1 aliphatic rings. The molecule has 0 radical (unpaired) electrons. The third-order valence-electron chi connectivity index (χ3n) is 1.28. The average Bonchev–Trinajstić information content (AvgIpc) is 2.52. The fourth-order valence-electron chi connectivity index (χ4n) is 0.741. The Labute approximate surface area is 71.0 Å². The molecule has 0 aromatic heterocycles. The smallest absolute Gasteiger partial charge is 0.331 e. The van der Waals surface area contributed by atoms with E-state index in [4.69, 9.17) is 0 Å². The molecule has 1 heterocycles. The first-order valence-corrected chi connectivity index (χ1v) is 4.65. The molecule has 0 bridgehead atoms. The summed E-state index contributed by atoms with van der Waals surface area (Å²) in [6.07, 6.45) is 4.75. The van der Waals surface area contributed by atoms with Gasteiger partial charge in [0.2, 0.25) is 0 Å². The van der Waals surface area contributed by atoms with Gasteiger partial charge in [-0.1, -0.05) is 13.0 Å². The monoisotopic (exact) mass is 172 g/mol. The number of carbonyl (C=O) groups excluding carboxylic acids is 1. The Bertz CT molecular complexity index is 170. The first-order valence-electron chi connectivity index (χ1n) is 3.71. The van der Waals surface area contributed by atoms with Crippen LogP contribution in [0.5, 0.6) is 0 Å². The predicted octanol–water partition coefficient (Wildman–Crippen LogP) is 1.58. The SMILES string of the molecule is CCCNC(=O)N1C=CCS1. The number of amides is 2. The summed E-state index contributed by atoms with van der Waals surface area (Å²) in [5, 5.41) is 2.79. The largest absolute Gasteiger partial charge is 0.337 e. The van der Waals surface area contributed by atoms with E-state index in [0.29, 0.717) is 0 Å². The minimum absolute atomic E-state index is 0.00870. The Balaban J connectivity index is 2.23. The predicted molar refractivity (Wildman–Crippen MR) is 47.1 cm³/mol. The summed E-state index contributed by atoms with van der Waals surface area (Å²) in [5.74, 6) is 0.902. The Kier molecular flexibility index (Phi) is 3.29. The number of rotatable bonds is 2. The lowest BCUT2D eigenvalue weighted by molar-refractivity contribution is 0.233. The normalized spacial score (nSPS) is 15.5. The maximum atomic E-state index is 11.1. The first kappa shape index (κ1) is 8.46. The van der Waals surface area contributed by atoms with Gasteiger partial charge in [0.05, 0.1) is 0 Å². The Morgan fingerprint density at radius 2 is 2.64 bits per heavy atom. The van der Waals surface area contributed by atoms with Crippen molar-refractivity contribution < 1.29 is 4.79 Å². The Morgan fingerprint density at radius 3 is 3.18 bits per heavy atom. The van der Waals surface area contributed by atoms with Crippen LogP contribution in [0.25, 0.3) is 0 Å². The van der Waals surface area contributed by atoms with E-state index in [2.05, 4.69) is 5.32 Å². The van der Waals surface area contributed by atoms with Gasteiger partial charge in [-0.3, -0.25) is 0 Å². The van der Waals surface area contributed by atoms with E-state index in [0.717, 1.165) is 18.7 Å². The van der Waals surface area contributed by atoms with Crippen molar-refractivity contribution in [3.63, 3.8) is 0 Å². The highest BCUT2D eigenvalue weighted by Crippen LogP contribution is 2.16. The topological polar surface area (TPSA) is 32.3 Å². The fraction of sp³-hybridized carbons (Fsp3) is 0.571. The summed E-state index contributed by atoms with van der Waals surface area (Å²) in [4.78, 5) is 11.1. The van der Waals surface area contributed by atoms with Crippen molar-refractivity contribution >= 4 is 18.0 Å². The van der Waals surface area contributed by atoms with Gasteiger partial charge in [0.25, 0.3) is 0 Å². The molecule has 3 nitrogen and oxygen atoms in total. The van der Waals surface area contributed by atoms with Crippen molar-refractivity contribution in [2.45, 2.75) is 13.3 Å². The molecular weight excluding hydrogens is 160 g/mol. The van der Waals surface area contributed by atoms with Gasteiger partial charge in [0.15, 0.2) is 0 Å². The van der Waals surface area contributed by atoms with Gasteiger partial charge in [-0.05, 0) is 18.4 Å². The zero-order chi connectivity index (χ0) is 8.10. The molecule has 0 aromatic carbocycles. The minimum atomic E-state index is -0.00870. The van der Waals surface area contributed by atoms with Gasteiger partial charge in [0, 0.05) is 18.5 Å². The third-order valence-corrected chi connectivity index (χ3v) is 2.18. The highest BCUT2D eigenvalue weighted by atomic mass is 32.2. The van der Waals surface area contributed by atoms with Crippen LogP contribution in [0.3, 0.4) is 0 Å². The number of urea groups is 1. The second-order valence-electron chi connectivity index (χ2n) is 2.24. The molecule has 4 heteroatoms. The van der Waals surface area contributed by atoms with Crippen LogP contribution in [0.15, 0.2) is 12.3 Å². The molecule has 0 spiro atoms. The molecule has 1 N–H and O–H groups in total. The molecule has 1 rings (SSSR count). The summed E-state index contributed by atoms with van der Waals surface area (Å²) < 4.78 is 1.62. The van der Waals surface area contributed by atoms with E-state index >= 15 is 0 Å². The van der Waals surface area contributed by atoms with Crippen LogP contribution in [0.2, 0.25) is 0 Å². The molecule has 2 amide bonds. The average molecular weight is 172 g/mol. The van der Waals surface area contributed by atoms with Crippen LogP contribution in [-0.4, -0.2) is 22.6 Å². The highest BCUT2D eigenvalue weighted by Gasteiger charge is 2.12. The van der Waals surface area contributed by atoms with Gasteiger partial charge in [0.1, 0.15) is 0 Å². The van der Waals surface area contributed by atoms with E-state index in [1.54, 1.807) is 10.5 Å². The van der Waals surface area contributed by atoms with Crippen LogP contribution < -0.4 is 5.32 Å². The van der Waals surface area contributed by atoms with E-state index < -0.39 is 0 Å². The summed E-state index contributed by atoms with van der Waals surface area (Å²) in [6.45, 7) is 2.79. The van der Waals surface area contributed by atoms with E-state index in [9.17, 15) is 4.79 Å². The lowest BCUT2D eigenvalue weighted by Crippen LogP contribution is -2.31. The lowest BCUT2D eigenvalue weighted by atomic mass is 10.5. The maximum Gasteiger partial charge on any atom is 0.331 e. The highest BCUT2D eigenvalue weighted by molar-refractivity contribution is 7.98. The zero-order valence-electron chi connectivity index (χ0n) is 6.54. The van der Waals surface area contributed by atoms with Crippen LogP contribution in [0, 0.1) is 0 Å². The standard InChI is InChI=1S/C7H12N2OS/c1-2-4-8-7(10)9-5-3-6-11-9/h3,5H,2,4,6H2,1H3,(H,8,10). The van der Waals surface area contributed by atoms with Crippen molar-refractivity contribution in [1.29, 1.82) is 0 Å². The molecule has 0 fully saturated rings. The van der Waals surface area contributed by atoms with Crippen LogP contribution >= 0.6 is 11.9 Å². The molecular formula is C7H12N2OS. The Hall–Kier alpha value is -0.640. The molecule has 1 aliphatic heterocycles. The van der Waals surface area contributed by atoms with Gasteiger partial charge >= 0.3 is 6.03 Å². The summed E-state index contributed by atoms with van der Waals surface area (Å²) >= 11 is 1.51. The number of carbonyl (C=O) groups is 1. The molecule has 0 aliphatic carbocycles. The van der Waals surface area contributed by atoms with Gasteiger partial charge in [-0.25, -0.2) is 9.10 Å². The quantitative estimate of drug-likeness (QED) is 0.641. The van der Waals surface area contributed by atoms with Gasteiger partial charge in [-0.15, -0.1) is 0 Å². The van der Waals surface area contributed by atoms with Crippen molar-refractivity contribution in [3.05, 3.63) is 12.3 Å². The van der Waals surface area contributed by atoms with Crippen LogP contribution in [-0.2, 0) is 0 Å².